The third kappa shape index (κ3) is 1.12. The second-order valence-corrected chi connectivity index (χ2v) is 2.87. The van der Waals surface area contributed by atoms with E-state index in [4.69, 9.17) is 0 Å². The molecule has 2 aromatic heterocycles. The Balaban J connectivity index is 2.76. The normalized spacial score (nSPS) is 10.6. The molecule has 0 N–H and O–H groups in total. The minimum atomic E-state index is -0.241. The van der Waals surface area contributed by atoms with Crippen LogP contribution in [0.15, 0.2) is 17.3 Å². The lowest BCUT2D eigenvalue weighted by Crippen LogP contribution is -2.20. The van der Waals surface area contributed by atoms with Gasteiger partial charge in [-0.1, -0.05) is 0 Å². The van der Waals surface area contributed by atoms with Gasteiger partial charge in [0.1, 0.15) is 18.0 Å². The first-order valence-corrected chi connectivity index (χ1v) is 4.05. The number of carbonyl (C=O) groups is 1. The second kappa shape index (κ2) is 3.06. The van der Waals surface area contributed by atoms with Crippen molar-refractivity contribution in [2.75, 3.05) is 0 Å². The smallest absolute Gasteiger partial charge is 0.264 e. The third-order valence-electron chi connectivity index (χ3n) is 1.99. The van der Waals surface area contributed by atoms with Gasteiger partial charge in [0.2, 0.25) is 0 Å². The van der Waals surface area contributed by atoms with E-state index in [0.29, 0.717) is 17.3 Å². The summed E-state index contributed by atoms with van der Waals surface area (Å²) in [4.78, 5) is 25.9. The summed E-state index contributed by atoms with van der Waals surface area (Å²) in [7, 11) is 1.71. The molecule has 0 aliphatic heterocycles. The summed E-state index contributed by atoms with van der Waals surface area (Å²) in [5.74, 6) is 0. The predicted octanol–water partition coefficient (Wildman–Crippen LogP) is -0.671. The summed E-state index contributed by atoms with van der Waals surface area (Å²) in [5, 5.41) is 4.34. The van der Waals surface area contributed by atoms with E-state index in [9.17, 15) is 9.59 Å². The number of aldehydes is 1. The zero-order valence-corrected chi connectivity index (χ0v) is 7.54. The van der Waals surface area contributed by atoms with Gasteiger partial charge in [-0.05, 0) is 0 Å². The van der Waals surface area contributed by atoms with Crippen molar-refractivity contribution in [1.29, 1.82) is 0 Å². The number of hydrogen-bond donors (Lipinski definition) is 0. The lowest BCUT2D eigenvalue weighted by Gasteiger charge is -1.98. The fourth-order valence-electron chi connectivity index (χ4n) is 1.28. The summed E-state index contributed by atoms with van der Waals surface area (Å²) >= 11 is 0. The van der Waals surface area contributed by atoms with Crippen LogP contribution in [0, 0.1) is 0 Å². The highest BCUT2D eigenvalue weighted by molar-refractivity contribution is 5.72. The molecule has 6 nitrogen and oxygen atoms in total. The molecular weight excluding hydrogens is 184 g/mol. The molecule has 0 aliphatic carbocycles. The lowest BCUT2D eigenvalue weighted by atomic mass is 10.4. The summed E-state index contributed by atoms with van der Waals surface area (Å²) in [5.41, 5.74) is 0.285. The number of fused-ring (bicyclic) bond motifs is 1. The Morgan fingerprint density at radius 3 is 3.07 bits per heavy atom. The van der Waals surface area contributed by atoms with Crippen LogP contribution in [0.25, 0.3) is 11.0 Å². The fourth-order valence-corrected chi connectivity index (χ4v) is 1.28. The summed E-state index contributed by atoms with van der Waals surface area (Å²) in [6.45, 7) is 0.0245. The average Bonchev–Trinajstić information content (AvgIpc) is 2.54. The van der Waals surface area contributed by atoms with E-state index in [-0.39, 0.29) is 12.1 Å². The topological polar surface area (TPSA) is 69.8 Å². The van der Waals surface area contributed by atoms with Crippen molar-refractivity contribution in [3.8, 4) is 0 Å². The molecule has 2 rings (SSSR count). The number of nitrogens with zero attached hydrogens (tertiary/aromatic N) is 4. The van der Waals surface area contributed by atoms with Gasteiger partial charge in [0.15, 0.2) is 5.65 Å². The molecule has 0 radical (unpaired) electrons. The van der Waals surface area contributed by atoms with Gasteiger partial charge in [-0.15, -0.1) is 0 Å². The van der Waals surface area contributed by atoms with Crippen molar-refractivity contribution in [2.24, 2.45) is 7.05 Å². The number of aryl methyl sites for hydroxylation is 1. The molecule has 6 heteroatoms. The maximum absolute atomic E-state index is 11.6. The molecule has 0 unspecified atom stereocenters. The van der Waals surface area contributed by atoms with E-state index in [1.807, 2.05) is 0 Å². The van der Waals surface area contributed by atoms with E-state index in [1.165, 1.54) is 21.8 Å². The Kier molecular flexibility index (Phi) is 1.88. The molecule has 0 aliphatic rings. The Bertz CT molecular complexity index is 540. The first-order valence-electron chi connectivity index (χ1n) is 4.05. The predicted molar refractivity (Wildman–Crippen MR) is 48.8 cm³/mol. The maximum atomic E-state index is 11.6. The minimum absolute atomic E-state index is 0.0245. The average molecular weight is 192 g/mol. The van der Waals surface area contributed by atoms with Gasteiger partial charge in [-0.25, -0.2) is 4.98 Å². The number of hydrogen-bond acceptors (Lipinski definition) is 4. The van der Waals surface area contributed by atoms with Gasteiger partial charge in [0.05, 0.1) is 12.7 Å². The standard InChI is InChI=1S/C8H8N4O2/c1-11-7-6(4-10-11)8(14)12(2-3-13)5-9-7/h3-5H,2H2,1H3. The molecule has 0 spiro atoms. The molecular formula is C8H8N4O2. The number of aromatic nitrogens is 4. The van der Waals surface area contributed by atoms with Crippen LogP contribution in [0.3, 0.4) is 0 Å². The van der Waals surface area contributed by atoms with Crippen LogP contribution in [-0.4, -0.2) is 25.6 Å². The SMILES string of the molecule is Cn1ncc2c(=O)n(CC=O)cnc21. The van der Waals surface area contributed by atoms with Crippen LogP contribution in [0.1, 0.15) is 0 Å². The van der Waals surface area contributed by atoms with E-state index < -0.39 is 0 Å². The van der Waals surface area contributed by atoms with E-state index >= 15 is 0 Å². The number of rotatable bonds is 2. The van der Waals surface area contributed by atoms with E-state index in [2.05, 4.69) is 10.1 Å². The highest BCUT2D eigenvalue weighted by Crippen LogP contribution is 2.02. The van der Waals surface area contributed by atoms with Crippen molar-refractivity contribution < 1.29 is 4.79 Å². The summed E-state index contributed by atoms with van der Waals surface area (Å²) in [6.07, 6.45) is 3.46. The van der Waals surface area contributed by atoms with Gasteiger partial charge < -0.3 is 4.79 Å². The molecule has 2 heterocycles. The van der Waals surface area contributed by atoms with Crippen LogP contribution >= 0.6 is 0 Å². The molecule has 72 valence electrons. The van der Waals surface area contributed by atoms with Gasteiger partial charge >= 0.3 is 0 Å². The summed E-state index contributed by atoms with van der Waals surface area (Å²) < 4.78 is 2.76. The van der Waals surface area contributed by atoms with Gasteiger partial charge in [-0.3, -0.25) is 14.0 Å². The molecule has 0 fully saturated rings. The monoisotopic (exact) mass is 192 g/mol. The molecule has 0 amide bonds. The molecule has 14 heavy (non-hydrogen) atoms. The second-order valence-electron chi connectivity index (χ2n) is 2.87. The van der Waals surface area contributed by atoms with Gasteiger partial charge in [0.25, 0.3) is 5.56 Å². The van der Waals surface area contributed by atoms with Crippen molar-refractivity contribution in [3.63, 3.8) is 0 Å². The first kappa shape index (κ1) is 8.61. The number of carbonyl (C=O) groups excluding carboxylic acids is 1. The molecule has 0 aromatic carbocycles. The quantitative estimate of drug-likeness (QED) is 0.591. The van der Waals surface area contributed by atoms with Crippen molar-refractivity contribution in [3.05, 3.63) is 22.9 Å². The van der Waals surface area contributed by atoms with Crippen LogP contribution < -0.4 is 5.56 Å². The van der Waals surface area contributed by atoms with Crippen LogP contribution in [0.4, 0.5) is 0 Å². The zero-order valence-electron chi connectivity index (χ0n) is 7.54. The van der Waals surface area contributed by atoms with Crippen molar-refractivity contribution in [1.82, 2.24) is 19.3 Å². The first-order chi connectivity index (χ1) is 6.74. The minimum Gasteiger partial charge on any atom is -0.301 e. The molecule has 0 saturated heterocycles. The maximum Gasteiger partial charge on any atom is 0.264 e. The van der Waals surface area contributed by atoms with Crippen LogP contribution in [-0.2, 0) is 18.4 Å². The Hall–Kier alpha value is -1.98. The largest absolute Gasteiger partial charge is 0.301 e. The highest BCUT2D eigenvalue weighted by atomic mass is 16.1. The molecule has 0 bridgehead atoms. The Labute approximate surface area is 78.8 Å². The lowest BCUT2D eigenvalue weighted by molar-refractivity contribution is -0.108. The summed E-state index contributed by atoms with van der Waals surface area (Å²) in [6, 6.07) is 0. The molecule has 0 saturated carbocycles. The van der Waals surface area contributed by atoms with Crippen LogP contribution in [0.5, 0.6) is 0 Å². The van der Waals surface area contributed by atoms with Gasteiger partial charge in [0, 0.05) is 7.05 Å². The molecule has 0 atom stereocenters. The fraction of sp³-hybridized carbons (Fsp3) is 0.250. The highest BCUT2D eigenvalue weighted by Gasteiger charge is 2.06. The Morgan fingerprint density at radius 2 is 2.36 bits per heavy atom. The van der Waals surface area contributed by atoms with Gasteiger partial charge in [-0.2, -0.15) is 5.10 Å². The van der Waals surface area contributed by atoms with Crippen molar-refractivity contribution >= 4 is 17.3 Å². The van der Waals surface area contributed by atoms with Crippen LogP contribution in [0.2, 0.25) is 0 Å². The molecule has 2 aromatic rings. The third-order valence-corrected chi connectivity index (χ3v) is 1.99. The van der Waals surface area contributed by atoms with E-state index in [0.717, 1.165) is 0 Å². The zero-order chi connectivity index (χ0) is 10.1. The van der Waals surface area contributed by atoms with E-state index in [1.54, 1.807) is 7.05 Å². The van der Waals surface area contributed by atoms with Crippen molar-refractivity contribution in [2.45, 2.75) is 6.54 Å². The Morgan fingerprint density at radius 1 is 1.57 bits per heavy atom.